The van der Waals surface area contributed by atoms with Gasteiger partial charge >= 0.3 is 0 Å². The topological polar surface area (TPSA) is 89.3 Å². The van der Waals surface area contributed by atoms with Gasteiger partial charge in [0.05, 0.1) is 17.2 Å². The monoisotopic (exact) mass is 244 g/mol. The third-order valence-corrected chi connectivity index (χ3v) is 4.33. The van der Waals surface area contributed by atoms with Crippen molar-refractivity contribution in [1.82, 2.24) is 10.5 Å². The lowest BCUT2D eigenvalue weighted by Gasteiger charge is -2.09. The Balaban J connectivity index is 2.02. The molecule has 0 aliphatic carbocycles. The van der Waals surface area contributed by atoms with Crippen LogP contribution in [0.3, 0.4) is 0 Å². The molecule has 2 rings (SSSR count). The van der Waals surface area contributed by atoms with Crippen molar-refractivity contribution in [1.29, 1.82) is 0 Å². The quantitative estimate of drug-likeness (QED) is 0.784. The van der Waals surface area contributed by atoms with Crippen LogP contribution in [0.15, 0.2) is 10.8 Å². The molecule has 88 valence electrons. The van der Waals surface area contributed by atoms with Gasteiger partial charge in [0, 0.05) is 6.04 Å². The highest BCUT2D eigenvalue weighted by Gasteiger charge is 2.29. The molecular formula is C9H12N2O4S. The second-order valence-corrected chi connectivity index (χ2v) is 6.12. The van der Waals surface area contributed by atoms with Gasteiger partial charge in [0.25, 0.3) is 5.91 Å². The fraction of sp³-hybridized carbons (Fsp3) is 0.556. The molecule has 0 saturated carbocycles. The Bertz CT molecular complexity index is 505. The van der Waals surface area contributed by atoms with E-state index in [9.17, 15) is 13.2 Å². The minimum absolute atomic E-state index is 0.0169. The maximum Gasteiger partial charge on any atom is 0.256 e. The highest BCUT2D eigenvalue weighted by Crippen LogP contribution is 2.13. The molecule has 1 saturated heterocycles. The van der Waals surface area contributed by atoms with Crippen molar-refractivity contribution >= 4 is 15.7 Å². The molecule has 16 heavy (non-hydrogen) atoms. The molecule has 6 nitrogen and oxygen atoms in total. The van der Waals surface area contributed by atoms with Crippen LogP contribution in [0.25, 0.3) is 0 Å². The lowest BCUT2D eigenvalue weighted by atomic mass is 10.2. The number of carbonyl (C=O) groups excluding carboxylic acids is 1. The van der Waals surface area contributed by atoms with E-state index in [4.69, 9.17) is 0 Å². The van der Waals surface area contributed by atoms with E-state index in [0.29, 0.717) is 17.7 Å². The predicted octanol–water partition coefficient (Wildman–Crippen LogP) is -0.100. The van der Waals surface area contributed by atoms with E-state index in [0.717, 1.165) is 0 Å². The van der Waals surface area contributed by atoms with E-state index < -0.39 is 9.84 Å². The summed E-state index contributed by atoms with van der Waals surface area (Å²) in [5.74, 6) is -0.176. The number of hydrogen-bond acceptors (Lipinski definition) is 5. The van der Waals surface area contributed by atoms with E-state index in [1.807, 2.05) is 0 Å². The summed E-state index contributed by atoms with van der Waals surface area (Å²) in [6.07, 6.45) is 1.73. The smallest absolute Gasteiger partial charge is 0.256 e. The number of aromatic nitrogens is 1. The van der Waals surface area contributed by atoms with Gasteiger partial charge in [-0.15, -0.1) is 0 Å². The van der Waals surface area contributed by atoms with Crippen LogP contribution in [0.1, 0.15) is 22.5 Å². The van der Waals surface area contributed by atoms with Crippen molar-refractivity contribution in [3.05, 3.63) is 17.5 Å². The SMILES string of the molecule is Cc1nocc1C(=O)NC1CCS(=O)(=O)C1. The van der Waals surface area contributed by atoms with E-state index in [1.165, 1.54) is 6.26 Å². The molecule has 1 unspecified atom stereocenters. The Morgan fingerprint density at radius 1 is 1.62 bits per heavy atom. The molecule has 0 radical (unpaired) electrons. The fourth-order valence-electron chi connectivity index (χ4n) is 1.68. The second kappa shape index (κ2) is 3.89. The summed E-state index contributed by atoms with van der Waals surface area (Å²) in [7, 11) is -2.97. The average molecular weight is 244 g/mol. The molecule has 1 aromatic heterocycles. The average Bonchev–Trinajstić information content (AvgIpc) is 2.72. The van der Waals surface area contributed by atoms with Gasteiger partial charge in [-0.2, -0.15) is 0 Å². The van der Waals surface area contributed by atoms with Crippen LogP contribution in [0.5, 0.6) is 0 Å². The van der Waals surface area contributed by atoms with E-state index in [1.54, 1.807) is 6.92 Å². The minimum Gasteiger partial charge on any atom is -0.364 e. The normalized spacial score (nSPS) is 23.2. The van der Waals surface area contributed by atoms with E-state index in [-0.39, 0.29) is 23.5 Å². The van der Waals surface area contributed by atoms with Crippen LogP contribution in [-0.4, -0.2) is 37.0 Å². The lowest BCUT2D eigenvalue weighted by Crippen LogP contribution is -2.35. The maximum atomic E-state index is 11.7. The summed E-state index contributed by atoms with van der Waals surface area (Å²) >= 11 is 0. The van der Waals surface area contributed by atoms with Gasteiger partial charge in [0.2, 0.25) is 0 Å². The first-order chi connectivity index (χ1) is 7.48. The molecule has 1 fully saturated rings. The molecule has 2 heterocycles. The standard InChI is InChI=1S/C9H12N2O4S/c1-6-8(4-15-11-6)9(12)10-7-2-3-16(13,14)5-7/h4,7H,2-3,5H2,1H3,(H,10,12). The van der Waals surface area contributed by atoms with Gasteiger partial charge in [-0.25, -0.2) is 8.42 Å². The van der Waals surface area contributed by atoms with Crippen LogP contribution in [0, 0.1) is 6.92 Å². The molecule has 1 aliphatic heterocycles. The summed E-state index contributed by atoms with van der Waals surface area (Å²) in [4.78, 5) is 11.7. The highest BCUT2D eigenvalue weighted by molar-refractivity contribution is 7.91. The summed E-state index contributed by atoms with van der Waals surface area (Å²) in [6, 6.07) is -0.299. The lowest BCUT2D eigenvalue weighted by molar-refractivity contribution is 0.0940. The zero-order valence-corrected chi connectivity index (χ0v) is 9.58. The number of hydrogen-bond donors (Lipinski definition) is 1. The number of aryl methyl sites for hydroxylation is 1. The highest BCUT2D eigenvalue weighted by atomic mass is 32.2. The second-order valence-electron chi connectivity index (χ2n) is 3.89. The Kier molecular flexibility index (Phi) is 2.71. The van der Waals surface area contributed by atoms with Crippen molar-refractivity contribution in [2.24, 2.45) is 0 Å². The number of amides is 1. The van der Waals surface area contributed by atoms with E-state index in [2.05, 4.69) is 15.0 Å². The first kappa shape index (κ1) is 11.1. The van der Waals surface area contributed by atoms with Gasteiger partial charge in [0.15, 0.2) is 9.84 Å². The van der Waals surface area contributed by atoms with Gasteiger partial charge in [-0.3, -0.25) is 4.79 Å². The molecule has 1 amide bonds. The Morgan fingerprint density at radius 3 is 2.88 bits per heavy atom. The zero-order valence-electron chi connectivity index (χ0n) is 8.76. The molecule has 0 bridgehead atoms. The third-order valence-electron chi connectivity index (χ3n) is 2.56. The van der Waals surface area contributed by atoms with Crippen molar-refractivity contribution in [3.63, 3.8) is 0 Å². The largest absolute Gasteiger partial charge is 0.364 e. The van der Waals surface area contributed by atoms with Crippen LogP contribution >= 0.6 is 0 Å². The van der Waals surface area contributed by atoms with Gasteiger partial charge in [0.1, 0.15) is 11.8 Å². The zero-order chi connectivity index (χ0) is 11.8. The number of nitrogens with one attached hydrogen (secondary N) is 1. The van der Waals surface area contributed by atoms with Gasteiger partial charge in [-0.05, 0) is 13.3 Å². The van der Waals surface area contributed by atoms with Crippen LogP contribution in [0.2, 0.25) is 0 Å². The summed E-state index contributed by atoms with van der Waals surface area (Å²) < 4.78 is 27.0. The number of rotatable bonds is 2. The first-order valence-electron chi connectivity index (χ1n) is 4.90. The molecule has 1 aliphatic rings. The summed E-state index contributed by atoms with van der Waals surface area (Å²) in [5.41, 5.74) is 0.850. The summed E-state index contributed by atoms with van der Waals surface area (Å²) in [6.45, 7) is 1.66. The number of carbonyl (C=O) groups is 1. The number of nitrogens with zero attached hydrogens (tertiary/aromatic N) is 1. The Morgan fingerprint density at radius 2 is 2.38 bits per heavy atom. The van der Waals surface area contributed by atoms with Crippen LogP contribution < -0.4 is 5.32 Å². The molecule has 0 aromatic carbocycles. The minimum atomic E-state index is -2.97. The molecular weight excluding hydrogens is 232 g/mol. The van der Waals surface area contributed by atoms with Crippen molar-refractivity contribution in [3.8, 4) is 0 Å². The van der Waals surface area contributed by atoms with E-state index >= 15 is 0 Å². The number of sulfone groups is 1. The van der Waals surface area contributed by atoms with Gasteiger partial charge in [-0.1, -0.05) is 5.16 Å². The molecule has 1 aromatic rings. The van der Waals surface area contributed by atoms with Crippen molar-refractivity contribution < 1.29 is 17.7 Å². The summed E-state index contributed by atoms with van der Waals surface area (Å²) in [5, 5.41) is 6.25. The molecule has 0 spiro atoms. The third kappa shape index (κ3) is 2.24. The first-order valence-corrected chi connectivity index (χ1v) is 6.72. The van der Waals surface area contributed by atoms with Crippen LogP contribution in [0.4, 0.5) is 0 Å². The van der Waals surface area contributed by atoms with Crippen LogP contribution in [-0.2, 0) is 9.84 Å². The van der Waals surface area contributed by atoms with Crippen molar-refractivity contribution in [2.75, 3.05) is 11.5 Å². The van der Waals surface area contributed by atoms with Crippen molar-refractivity contribution in [2.45, 2.75) is 19.4 Å². The Labute approximate surface area is 92.9 Å². The predicted molar refractivity (Wildman–Crippen MR) is 55.8 cm³/mol. The maximum absolute atomic E-state index is 11.7. The Hall–Kier alpha value is -1.37. The molecule has 1 N–H and O–H groups in total. The molecule has 1 atom stereocenters. The van der Waals surface area contributed by atoms with Gasteiger partial charge < -0.3 is 9.84 Å². The fourth-order valence-corrected chi connectivity index (χ4v) is 3.36. The molecule has 7 heteroatoms.